The van der Waals surface area contributed by atoms with E-state index in [1.165, 1.54) is 12.1 Å². The summed E-state index contributed by atoms with van der Waals surface area (Å²) in [5.74, 6) is -0.411. The van der Waals surface area contributed by atoms with E-state index in [0.29, 0.717) is 5.69 Å². The van der Waals surface area contributed by atoms with Crippen molar-refractivity contribution in [3.05, 3.63) is 54.6 Å². The van der Waals surface area contributed by atoms with Crippen molar-refractivity contribution in [3.63, 3.8) is 0 Å². The molecule has 0 saturated heterocycles. The molecule has 0 fully saturated rings. The molecular weight excluding hydrogens is 307 g/mol. The Balaban J connectivity index is 2.10. The van der Waals surface area contributed by atoms with Crippen LogP contribution in [0.25, 0.3) is 0 Å². The predicted octanol–water partition coefficient (Wildman–Crippen LogP) is 3.66. The van der Waals surface area contributed by atoms with Crippen LogP contribution in [0.15, 0.2) is 54.6 Å². The molecule has 2 rings (SSSR count). The molecule has 0 atom stereocenters. The lowest BCUT2D eigenvalue weighted by molar-refractivity contribution is -0.0500. The predicted molar refractivity (Wildman–Crippen MR) is 71.8 cm³/mol. The van der Waals surface area contributed by atoms with Crippen LogP contribution in [0, 0.1) is 0 Å². The Morgan fingerprint density at radius 2 is 1.38 bits per heavy atom. The van der Waals surface area contributed by atoms with Gasteiger partial charge in [0.1, 0.15) is 5.75 Å². The fraction of sp³-hybridized carbons (Fsp3) is 0.0769. The van der Waals surface area contributed by atoms with E-state index in [9.17, 15) is 21.6 Å². The first-order valence-electron chi connectivity index (χ1n) is 5.71. The molecular formula is C13H10F3NO3S. The van der Waals surface area contributed by atoms with Crippen molar-refractivity contribution in [1.29, 1.82) is 0 Å². The second-order valence-electron chi connectivity index (χ2n) is 4.00. The second-order valence-corrected chi connectivity index (χ2v) is 5.54. The van der Waals surface area contributed by atoms with Gasteiger partial charge in [0.05, 0.1) is 0 Å². The van der Waals surface area contributed by atoms with Crippen LogP contribution in [-0.4, -0.2) is 13.9 Å². The van der Waals surface area contributed by atoms with E-state index in [-0.39, 0.29) is 0 Å². The first-order valence-corrected chi connectivity index (χ1v) is 7.12. The molecule has 0 bridgehead atoms. The molecule has 0 unspecified atom stereocenters. The molecule has 1 N–H and O–H groups in total. The largest absolute Gasteiger partial charge is 0.534 e. The van der Waals surface area contributed by atoms with Crippen LogP contribution >= 0.6 is 0 Å². The Morgan fingerprint density at radius 1 is 0.857 bits per heavy atom. The van der Waals surface area contributed by atoms with Gasteiger partial charge < -0.3 is 9.50 Å². The number of rotatable bonds is 4. The van der Waals surface area contributed by atoms with Gasteiger partial charge in [0.2, 0.25) is 0 Å². The van der Waals surface area contributed by atoms with Crippen LogP contribution in [0.3, 0.4) is 0 Å². The van der Waals surface area contributed by atoms with Crippen molar-refractivity contribution < 1.29 is 25.8 Å². The molecule has 0 amide bonds. The van der Waals surface area contributed by atoms with E-state index in [4.69, 9.17) is 0 Å². The second kappa shape index (κ2) is 5.65. The third-order valence-electron chi connectivity index (χ3n) is 2.41. The third kappa shape index (κ3) is 3.88. The maximum Gasteiger partial charge on any atom is 0.534 e. The van der Waals surface area contributed by atoms with E-state index in [0.717, 1.165) is 17.8 Å². The van der Waals surface area contributed by atoms with Gasteiger partial charge in [-0.3, -0.25) is 0 Å². The minimum absolute atomic E-state index is 0.411. The maximum absolute atomic E-state index is 12.2. The van der Waals surface area contributed by atoms with Crippen molar-refractivity contribution >= 4 is 21.5 Å². The van der Waals surface area contributed by atoms with Crippen molar-refractivity contribution in [2.45, 2.75) is 5.51 Å². The number of anilines is 2. The maximum atomic E-state index is 12.2. The molecule has 2 aromatic rings. The highest BCUT2D eigenvalue weighted by molar-refractivity contribution is 7.87. The molecule has 0 heterocycles. The zero-order valence-corrected chi connectivity index (χ0v) is 11.3. The first kappa shape index (κ1) is 15.2. The fourth-order valence-electron chi connectivity index (χ4n) is 1.46. The summed E-state index contributed by atoms with van der Waals surface area (Å²) in [6.45, 7) is 0. The zero-order valence-electron chi connectivity index (χ0n) is 10.5. The normalized spacial score (nSPS) is 12.0. The van der Waals surface area contributed by atoms with E-state index in [2.05, 4.69) is 9.50 Å². The summed E-state index contributed by atoms with van der Waals surface area (Å²) in [5, 5.41) is 3.00. The van der Waals surface area contributed by atoms with Crippen molar-refractivity contribution in [2.24, 2.45) is 0 Å². The van der Waals surface area contributed by atoms with E-state index < -0.39 is 21.4 Å². The number of benzene rings is 2. The molecule has 0 aliphatic carbocycles. The fourth-order valence-corrected chi connectivity index (χ4v) is 1.91. The summed E-state index contributed by atoms with van der Waals surface area (Å²) in [6, 6.07) is 14.2. The van der Waals surface area contributed by atoms with E-state index in [1.807, 2.05) is 18.2 Å². The summed E-state index contributed by atoms with van der Waals surface area (Å²) in [4.78, 5) is 0. The van der Waals surface area contributed by atoms with Crippen molar-refractivity contribution in [2.75, 3.05) is 5.32 Å². The van der Waals surface area contributed by atoms with Gasteiger partial charge in [-0.05, 0) is 36.4 Å². The highest BCUT2D eigenvalue weighted by Crippen LogP contribution is 2.28. The third-order valence-corrected chi connectivity index (χ3v) is 3.38. The van der Waals surface area contributed by atoms with Gasteiger partial charge in [0.15, 0.2) is 0 Å². The van der Waals surface area contributed by atoms with E-state index in [1.54, 1.807) is 12.1 Å². The van der Waals surface area contributed by atoms with Gasteiger partial charge in [0, 0.05) is 11.4 Å². The lowest BCUT2D eigenvalue weighted by atomic mass is 10.2. The molecule has 4 nitrogen and oxygen atoms in total. The van der Waals surface area contributed by atoms with Gasteiger partial charge in [0.25, 0.3) is 0 Å². The summed E-state index contributed by atoms with van der Waals surface area (Å²) in [6.07, 6.45) is 0. The van der Waals surface area contributed by atoms with Crippen LogP contribution in [0.2, 0.25) is 0 Å². The highest BCUT2D eigenvalue weighted by atomic mass is 32.2. The summed E-state index contributed by atoms with van der Waals surface area (Å²) >= 11 is 0. The molecule has 0 saturated carbocycles. The number of hydrogen-bond acceptors (Lipinski definition) is 4. The topological polar surface area (TPSA) is 55.4 Å². The van der Waals surface area contributed by atoms with Gasteiger partial charge in [-0.25, -0.2) is 0 Å². The number of para-hydroxylation sites is 1. The van der Waals surface area contributed by atoms with Gasteiger partial charge in [-0.1, -0.05) is 18.2 Å². The van der Waals surface area contributed by atoms with Gasteiger partial charge >= 0.3 is 15.6 Å². The summed E-state index contributed by atoms with van der Waals surface area (Å²) in [5.41, 5.74) is -4.08. The molecule has 8 heteroatoms. The van der Waals surface area contributed by atoms with Crippen LogP contribution in [-0.2, 0) is 10.1 Å². The quantitative estimate of drug-likeness (QED) is 0.691. The Hall–Kier alpha value is -2.22. The van der Waals surface area contributed by atoms with Crippen molar-refractivity contribution in [1.82, 2.24) is 0 Å². The Bertz CT molecular complexity index is 698. The van der Waals surface area contributed by atoms with Gasteiger partial charge in [-0.15, -0.1) is 0 Å². The molecule has 112 valence electrons. The summed E-state index contributed by atoms with van der Waals surface area (Å²) in [7, 11) is -5.64. The van der Waals surface area contributed by atoms with Gasteiger partial charge in [-0.2, -0.15) is 21.6 Å². The molecule has 0 radical (unpaired) electrons. The molecule has 0 aliphatic rings. The van der Waals surface area contributed by atoms with Crippen LogP contribution in [0.4, 0.5) is 24.5 Å². The number of alkyl halides is 3. The highest BCUT2D eigenvalue weighted by Gasteiger charge is 2.48. The zero-order chi connectivity index (χ0) is 15.5. The standard InChI is InChI=1S/C13H10F3NO3S/c14-13(15,16)21(18,19)20-12-8-6-11(7-9-12)17-10-4-2-1-3-5-10/h1-9,17H. The monoisotopic (exact) mass is 317 g/mol. The molecule has 0 aliphatic heterocycles. The minimum Gasteiger partial charge on any atom is -0.376 e. The Labute approximate surface area is 119 Å². The first-order chi connectivity index (χ1) is 9.78. The summed E-state index contributed by atoms with van der Waals surface area (Å²) < 4.78 is 62.1. The van der Waals surface area contributed by atoms with Crippen LogP contribution in [0.1, 0.15) is 0 Å². The molecule has 0 aromatic heterocycles. The van der Waals surface area contributed by atoms with Crippen LogP contribution in [0.5, 0.6) is 5.75 Å². The number of halogens is 3. The molecule has 2 aromatic carbocycles. The van der Waals surface area contributed by atoms with Crippen molar-refractivity contribution in [3.8, 4) is 5.75 Å². The average molecular weight is 317 g/mol. The molecule has 0 spiro atoms. The Kier molecular flexibility index (Phi) is 4.08. The number of nitrogens with one attached hydrogen (secondary N) is 1. The minimum atomic E-state index is -5.64. The lowest BCUT2D eigenvalue weighted by Crippen LogP contribution is -2.28. The SMILES string of the molecule is O=S(=O)(Oc1ccc(Nc2ccccc2)cc1)C(F)(F)F. The molecule has 21 heavy (non-hydrogen) atoms. The van der Waals surface area contributed by atoms with E-state index >= 15 is 0 Å². The Morgan fingerprint density at radius 3 is 1.90 bits per heavy atom. The lowest BCUT2D eigenvalue weighted by Gasteiger charge is -2.10. The average Bonchev–Trinajstić information content (AvgIpc) is 2.41. The number of hydrogen-bond donors (Lipinski definition) is 1. The van der Waals surface area contributed by atoms with Crippen LogP contribution < -0.4 is 9.50 Å². The smallest absolute Gasteiger partial charge is 0.376 e.